The van der Waals surface area contributed by atoms with E-state index in [4.69, 9.17) is 0 Å². The fourth-order valence-electron chi connectivity index (χ4n) is 4.43. The lowest BCUT2D eigenvalue weighted by Gasteiger charge is -2.16. The first-order chi connectivity index (χ1) is 17.0. The normalized spacial score (nSPS) is 12.3. The zero-order chi connectivity index (χ0) is 25.8. The van der Waals surface area contributed by atoms with Gasteiger partial charge in [-0.2, -0.15) is 31.6 Å². The van der Waals surface area contributed by atoms with Crippen molar-refractivity contribution in [3.05, 3.63) is 95.3 Å². The topological polar surface area (TPSA) is 41.6 Å². The molecule has 2 heterocycles. The minimum absolute atomic E-state index is 0.104. The van der Waals surface area contributed by atoms with E-state index in [0.717, 1.165) is 24.3 Å². The van der Waals surface area contributed by atoms with Crippen molar-refractivity contribution in [3.8, 4) is 22.9 Å². The first-order valence-electron chi connectivity index (χ1n) is 10.7. The van der Waals surface area contributed by atoms with Crippen LogP contribution in [0.1, 0.15) is 22.3 Å². The van der Waals surface area contributed by atoms with Crippen molar-refractivity contribution in [2.24, 2.45) is 0 Å². The average Bonchev–Trinajstić information content (AvgIpc) is 3.16. The number of pyridine rings is 1. The molecule has 0 bridgehead atoms. The molecule has 0 aliphatic heterocycles. The monoisotopic (exact) mass is 495 g/mol. The summed E-state index contributed by atoms with van der Waals surface area (Å²) in [4.78, 5) is 3.96. The van der Waals surface area contributed by atoms with Gasteiger partial charge < -0.3 is 4.57 Å². The van der Waals surface area contributed by atoms with Crippen molar-refractivity contribution >= 4 is 21.8 Å². The maximum absolute atomic E-state index is 13.6. The number of hydrogen-bond donors (Lipinski definition) is 0. The smallest absolute Gasteiger partial charge is 0.309 e. The van der Waals surface area contributed by atoms with Crippen LogP contribution in [0, 0.1) is 18.3 Å². The summed E-state index contributed by atoms with van der Waals surface area (Å²) in [5.41, 5.74) is 0.671. The zero-order valence-corrected chi connectivity index (χ0v) is 18.5. The number of rotatable bonds is 2. The van der Waals surface area contributed by atoms with E-state index in [1.165, 1.54) is 29.1 Å². The Morgan fingerprint density at radius 3 is 1.75 bits per heavy atom. The second-order valence-corrected chi connectivity index (χ2v) is 8.33. The van der Waals surface area contributed by atoms with Gasteiger partial charge in [-0.25, -0.2) is 0 Å². The van der Waals surface area contributed by atoms with Crippen molar-refractivity contribution < 1.29 is 26.3 Å². The van der Waals surface area contributed by atoms with E-state index in [2.05, 4.69) is 11.1 Å². The molecule has 0 N–H and O–H groups in total. The fraction of sp³-hybridized carbons (Fsp3) is 0.111. The van der Waals surface area contributed by atoms with Crippen LogP contribution in [0.25, 0.3) is 38.6 Å². The van der Waals surface area contributed by atoms with Gasteiger partial charge in [0.1, 0.15) is 0 Å². The van der Waals surface area contributed by atoms with Gasteiger partial charge in [0.05, 0.1) is 33.8 Å². The summed E-state index contributed by atoms with van der Waals surface area (Å²) in [6, 6.07) is 14.9. The van der Waals surface area contributed by atoms with Gasteiger partial charge in [0.25, 0.3) is 0 Å². The molecule has 0 spiro atoms. The second-order valence-electron chi connectivity index (χ2n) is 8.33. The third-order valence-electron chi connectivity index (χ3n) is 6.11. The number of benzene rings is 3. The number of halogens is 6. The Kier molecular flexibility index (Phi) is 5.29. The predicted molar refractivity (Wildman–Crippen MR) is 123 cm³/mol. The molecule has 0 aliphatic rings. The number of hydrogen-bond acceptors (Lipinski definition) is 2. The lowest BCUT2D eigenvalue weighted by Crippen LogP contribution is -2.06. The number of aryl methyl sites for hydroxylation is 1. The second kappa shape index (κ2) is 8.12. The van der Waals surface area contributed by atoms with Gasteiger partial charge in [0.15, 0.2) is 0 Å². The van der Waals surface area contributed by atoms with Crippen molar-refractivity contribution in [1.29, 1.82) is 5.26 Å². The standard InChI is InChI=1S/C27H15F6N3/c1-15-10-17(14-34)22(16-6-8-35-9-7-16)13-23(15)36-24-11-18(26(28,29)30)2-4-20(24)21-5-3-19(12-25(21)36)27(31,32)33/h2-13H,1H3. The highest BCUT2D eigenvalue weighted by atomic mass is 19.4. The van der Waals surface area contributed by atoms with Gasteiger partial charge in [-0.15, -0.1) is 0 Å². The van der Waals surface area contributed by atoms with E-state index in [-0.39, 0.29) is 11.0 Å². The SMILES string of the molecule is Cc1cc(C#N)c(-c2ccncc2)cc1-n1c2cc(C(F)(F)F)ccc2c2ccc(C(F)(F)F)cc21. The molecule has 5 rings (SSSR count). The summed E-state index contributed by atoms with van der Waals surface area (Å²) in [6.45, 7) is 1.66. The minimum atomic E-state index is -4.64. The number of fused-ring (bicyclic) bond motifs is 3. The van der Waals surface area contributed by atoms with Gasteiger partial charge >= 0.3 is 12.4 Å². The van der Waals surface area contributed by atoms with Gasteiger partial charge in [-0.05, 0) is 66.6 Å². The molecule has 0 unspecified atom stereocenters. The molecule has 0 radical (unpaired) electrons. The van der Waals surface area contributed by atoms with E-state index in [1.807, 2.05) is 0 Å². The van der Waals surface area contributed by atoms with Crippen LogP contribution in [0.5, 0.6) is 0 Å². The predicted octanol–water partition coefficient (Wildman–Crippen LogP) is 8.06. The highest BCUT2D eigenvalue weighted by Crippen LogP contribution is 2.41. The number of nitriles is 1. The highest BCUT2D eigenvalue weighted by molar-refractivity contribution is 6.10. The molecule has 9 heteroatoms. The lowest BCUT2D eigenvalue weighted by molar-refractivity contribution is -0.138. The number of nitrogens with zero attached hydrogens (tertiary/aromatic N) is 3. The number of aromatic nitrogens is 2. The van der Waals surface area contributed by atoms with E-state index >= 15 is 0 Å². The molecule has 0 atom stereocenters. The van der Waals surface area contributed by atoms with Gasteiger partial charge in [0, 0.05) is 34.4 Å². The van der Waals surface area contributed by atoms with Gasteiger partial charge in [-0.3, -0.25) is 4.98 Å². The van der Waals surface area contributed by atoms with Crippen LogP contribution in [-0.2, 0) is 12.4 Å². The van der Waals surface area contributed by atoms with Crippen LogP contribution in [0.2, 0.25) is 0 Å². The molecular formula is C27H15F6N3. The lowest BCUT2D eigenvalue weighted by atomic mass is 9.97. The minimum Gasteiger partial charge on any atom is -0.309 e. The molecule has 0 saturated carbocycles. The molecule has 3 aromatic carbocycles. The summed E-state index contributed by atoms with van der Waals surface area (Å²) in [5, 5.41) is 10.5. The third-order valence-corrected chi connectivity index (χ3v) is 6.11. The van der Waals surface area contributed by atoms with E-state index in [9.17, 15) is 31.6 Å². The van der Waals surface area contributed by atoms with Crippen LogP contribution in [0.3, 0.4) is 0 Å². The Labute approximate surface area is 200 Å². The molecule has 0 fully saturated rings. The molecule has 2 aromatic heterocycles. The molecule has 3 nitrogen and oxygen atoms in total. The summed E-state index contributed by atoms with van der Waals surface area (Å²) < 4.78 is 82.9. The first-order valence-corrected chi connectivity index (χ1v) is 10.7. The molecule has 0 amide bonds. The van der Waals surface area contributed by atoms with Crippen LogP contribution in [-0.4, -0.2) is 9.55 Å². The van der Waals surface area contributed by atoms with Gasteiger partial charge in [-0.1, -0.05) is 12.1 Å². The van der Waals surface area contributed by atoms with Crippen molar-refractivity contribution in [2.75, 3.05) is 0 Å². The molecule has 36 heavy (non-hydrogen) atoms. The van der Waals surface area contributed by atoms with E-state index < -0.39 is 23.5 Å². The Morgan fingerprint density at radius 1 is 0.750 bits per heavy atom. The zero-order valence-electron chi connectivity index (χ0n) is 18.5. The van der Waals surface area contributed by atoms with Crippen molar-refractivity contribution in [1.82, 2.24) is 9.55 Å². The van der Waals surface area contributed by atoms with Crippen molar-refractivity contribution in [3.63, 3.8) is 0 Å². The Morgan fingerprint density at radius 2 is 1.28 bits per heavy atom. The van der Waals surface area contributed by atoms with Crippen LogP contribution >= 0.6 is 0 Å². The first kappa shape index (κ1) is 23.4. The highest BCUT2D eigenvalue weighted by Gasteiger charge is 2.33. The van der Waals surface area contributed by atoms with Crippen molar-refractivity contribution in [2.45, 2.75) is 19.3 Å². The molecule has 5 aromatic rings. The average molecular weight is 495 g/mol. The Hall–Kier alpha value is -4.32. The van der Waals surface area contributed by atoms with Crippen LogP contribution in [0.4, 0.5) is 26.3 Å². The molecular weight excluding hydrogens is 480 g/mol. The fourth-order valence-corrected chi connectivity index (χ4v) is 4.43. The third kappa shape index (κ3) is 3.85. The van der Waals surface area contributed by atoms with Crippen LogP contribution < -0.4 is 0 Å². The molecule has 0 saturated heterocycles. The van der Waals surface area contributed by atoms with Crippen LogP contribution in [0.15, 0.2) is 73.1 Å². The Balaban J connectivity index is 1.93. The summed E-state index contributed by atoms with van der Waals surface area (Å²) >= 11 is 0. The van der Waals surface area contributed by atoms with Gasteiger partial charge in [0.2, 0.25) is 0 Å². The summed E-state index contributed by atoms with van der Waals surface area (Å²) in [5.74, 6) is 0. The molecule has 180 valence electrons. The van der Waals surface area contributed by atoms with E-state index in [1.54, 1.807) is 31.2 Å². The summed E-state index contributed by atoms with van der Waals surface area (Å²) in [6.07, 6.45) is -6.23. The quantitative estimate of drug-likeness (QED) is 0.233. The molecule has 0 aliphatic carbocycles. The largest absolute Gasteiger partial charge is 0.416 e. The summed E-state index contributed by atoms with van der Waals surface area (Å²) in [7, 11) is 0. The van der Waals surface area contributed by atoms with E-state index in [0.29, 0.717) is 38.7 Å². The maximum atomic E-state index is 13.6. The number of alkyl halides is 6. The Bertz CT molecular complexity index is 1600. The maximum Gasteiger partial charge on any atom is 0.416 e.